The van der Waals surface area contributed by atoms with Gasteiger partial charge >= 0.3 is 6.18 Å². The van der Waals surface area contributed by atoms with Crippen LogP contribution in [0, 0.1) is 17.1 Å². The lowest BCUT2D eigenvalue weighted by Gasteiger charge is -2.11. The highest BCUT2D eigenvalue weighted by Gasteiger charge is 2.34. The summed E-state index contributed by atoms with van der Waals surface area (Å²) >= 11 is 6.04. The number of aromatic nitrogens is 3. The van der Waals surface area contributed by atoms with E-state index in [0.29, 0.717) is 17.2 Å². The molecule has 1 N–H and O–H groups in total. The van der Waals surface area contributed by atoms with Crippen LogP contribution in [-0.4, -0.2) is 15.4 Å². The maximum Gasteiger partial charge on any atom is 0.419 e. The van der Waals surface area contributed by atoms with Crippen molar-refractivity contribution in [3.8, 4) is 28.5 Å². The fraction of sp³-hybridized carbons (Fsp3) is 0.0625. The first-order valence-electron chi connectivity index (χ1n) is 6.79. The van der Waals surface area contributed by atoms with Gasteiger partial charge in [-0.2, -0.15) is 18.4 Å². The Morgan fingerprint density at radius 3 is 2.44 bits per heavy atom. The number of benzene rings is 2. The molecule has 0 aliphatic heterocycles. The van der Waals surface area contributed by atoms with Crippen molar-refractivity contribution < 1.29 is 17.6 Å². The van der Waals surface area contributed by atoms with Crippen LogP contribution in [0.4, 0.5) is 17.6 Å². The molecule has 4 nitrogen and oxygen atoms in total. The average Bonchev–Trinajstić information content (AvgIpc) is 3.02. The summed E-state index contributed by atoms with van der Waals surface area (Å²) in [7, 11) is 0. The smallest absolute Gasteiger partial charge is 0.247 e. The minimum Gasteiger partial charge on any atom is -0.247 e. The fourth-order valence-corrected chi connectivity index (χ4v) is 2.56. The Bertz CT molecular complexity index is 989. The molecule has 0 saturated carbocycles. The highest BCUT2D eigenvalue weighted by atomic mass is 35.5. The summed E-state index contributed by atoms with van der Waals surface area (Å²) < 4.78 is 52.2. The van der Waals surface area contributed by atoms with Crippen LogP contribution in [0.15, 0.2) is 36.4 Å². The highest BCUT2D eigenvalue weighted by Crippen LogP contribution is 2.36. The summed E-state index contributed by atoms with van der Waals surface area (Å²) in [5, 5.41) is 18.9. The molecule has 25 heavy (non-hydrogen) atoms. The van der Waals surface area contributed by atoms with Gasteiger partial charge in [-0.05, 0) is 41.5 Å². The third-order valence-electron chi connectivity index (χ3n) is 3.44. The normalized spacial score (nSPS) is 11.4. The predicted molar refractivity (Wildman–Crippen MR) is 81.9 cm³/mol. The highest BCUT2D eigenvalue weighted by molar-refractivity contribution is 6.31. The van der Waals surface area contributed by atoms with Gasteiger partial charge in [0.2, 0.25) is 0 Å². The zero-order valence-corrected chi connectivity index (χ0v) is 13.0. The van der Waals surface area contributed by atoms with E-state index in [2.05, 4.69) is 15.4 Å². The van der Waals surface area contributed by atoms with Crippen LogP contribution in [0.25, 0.3) is 22.4 Å². The SMILES string of the molecule is N#Cc1[nH]nnc1-c1cc(Cl)cc(-c2ccc(F)c(C(F)(F)F)c2)c1. The molecule has 0 aliphatic rings. The van der Waals surface area contributed by atoms with Gasteiger partial charge in [-0.1, -0.05) is 22.9 Å². The molecular formula is C16H7ClF4N4. The second-order valence-electron chi connectivity index (χ2n) is 5.07. The van der Waals surface area contributed by atoms with E-state index < -0.39 is 17.6 Å². The largest absolute Gasteiger partial charge is 0.419 e. The maximum atomic E-state index is 13.5. The van der Waals surface area contributed by atoms with Crippen LogP contribution in [0.1, 0.15) is 11.3 Å². The summed E-state index contributed by atoms with van der Waals surface area (Å²) in [5.74, 6) is -1.36. The summed E-state index contributed by atoms with van der Waals surface area (Å²) in [6.07, 6.45) is -4.82. The van der Waals surface area contributed by atoms with Gasteiger partial charge in [-0.25, -0.2) is 9.49 Å². The molecule has 0 bridgehead atoms. The number of nitriles is 1. The third-order valence-corrected chi connectivity index (χ3v) is 3.65. The Hall–Kier alpha value is -2.92. The lowest BCUT2D eigenvalue weighted by molar-refractivity contribution is -0.139. The van der Waals surface area contributed by atoms with Crippen molar-refractivity contribution in [2.45, 2.75) is 6.18 Å². The number of aromatic amines is 1. The molecule has 3 rings (SSSR count). The van der Waals surface area contributed by atoms with Crippen molar-refractivity contribution in [3.63, 3.8) is 0 Å². The molecule has 0 saturated heterocycles. The van der Waals surface area contributed by atoms with E-state index in [1.54, 1.807) is 0 Å². The van der Waals surface area contributed by atoms with E-state index in [0.717, 1.165) is 6.07 Å². The van der Waals surface area contributed by atoms with Crippen molar-refractivity contribution in [1.29, 1.82) is 5.26 Å². The number of rotatable bonds is 2. The van der Waals surface area contributed by atoms with Gasteiger partial charge < -0.3 is 0 Å². The first-order chi connectivity index (χ1) is 11.8. The van der Waals surface area contributed by atoms with Gasteiger partial charge in [0, 0.05) is 10.6 Å². The van der Waals surface area contributed by atoms with Crippen LogP contribution >= 0.6 is 11.6 Å². The first-order valence-corrected chi connectivity index (χ1v) is 7.16. The predicted octanol–water partition coefficient (Wildman–Crippen LogP) is 4.82. The van der Waals surface area contributed by atoms with Crippen LogP contribution in [0.2, 0.25) is 5.02 Å². The fourth-order valence-electron chi connectivity index (χ4n) is 2.32. The first kappa shape index (κ1) is 16.9. The molecule has 126 valence electrons. The lowest BCUT2D eigenvalue weighted by atomic mass is 9.99. The van der Waals surface area contributed by atoms with E-state index in [1.807, 2.05) is 6.07 Å². The number of hydrogen-bond acceptors (Lipinski definition) is 3. The van der Waals surface area contributed by atoms with E-state index >= 15 is 0 Å². The molecule has 2 aromatic carbocycles. The van der Waals surface area contributed by atoms with E-state index in [4.69, 9.17) is 16.9 Å². The second kappa shape index (κ2) is 6.18. The summed E-state index contributed by atoms with van der Waals surface area (Å²) in [6, 6.07) is 8.97. The summed E-state index contributed by atoms with van der Waals surface area (Å²) in [6.45, 7) is 0. The van der Waals surface area contributed by atoms with Gasteiger partial charge in [0.25, 0.3) is 0 Å². The molecular weight excluding hydrogens is 360 g/mol. The standard InChI is InChI=1S/C16H7ClF4N4/c17-11-4-9(3-10(5-11)15-14(7-22)23-25-24-15)8-1-2-13(18)12(6-8)16(19,20)21/h1-6H,(H,23,24,25). The third kappa shape index (κ3) is 3.32. The minimum absolute atomic E-state index is 0.0864. The topological polar surface area (TPSA) is 65.4 Å². The Morgan fingerprint density at radius 1 is 1.04 bits per heavy atom. The molecule has 0 atom stereocenters. The number of halogens is 5. The number of alkyl halides is 3. The van der Waals surface area contributed by atoms with E-state index in [-0.39, 0.29) is 22.0 Å². The van der Waals surface area contributed by atoms with E-state index in [1.165, 1.54) is 24.3 Å². The molecule has 0 radical (unpaired) electrons. The lowest BCUT2D eigenvalue weighted by Crippen LogP contribution is -2.08. The Morgan fingerprint density at radius 2 is 1.76 bits per heavy atom. The molecule has 0 fully saturated rings. The maximum absolute atomic E-state index is 13.5. The Balaban J connectivity index is 2.15. The molecule has 1 heterocycles. The average molecular weight is 367 g/mol. The Kier molecular flexibility index (Phi) is 4.18. The van der Waals surface area contributed by atoms with Gasteiger partial charge in [0.05, 0.1) is 5.56 Å². The van der Waals surface area contributed by atoms with Crippen LogP contribution in [-0.2, 0) is 6.18 Å². The zero-order valence-electron chi connectivity index (χ0n) is 12.2. The van der Waals surface area contributed by atoms with Crippen molar-refractivity contribution >= 4 is 11.6 Å². The number of nitrogens with one attached hydrogen (secondary N) is 1. The van der Waals surface area contributed by atoms with Crippen molar-refractivity contribution in [2.24, 2.45) is 0 Å². The van der Waals surface area contributed by atoms with Crippen LogP contribution < -0.4 is 0 Å². The molecule has 0 unspecified atom stereocenters. The summed E-state index contributed by atoms with van der Waals surface area (Å²) in [5.41, 5.74) is -0.233. The van der Waals surface area contributed by atoms with Gasteiger partial charge in [0.15, 0.2) is 5.69 Å². The van der Waals surface area contributed by atoms with Gasteiger partial charge in [-0.3, -0.25) is 0 Å². The molecule has 0 spiro atoms. The second-order valence-corrected chi connectivity index (χ2v) is 5.50. The number of nitrogens with zero attached hydrogens (tertiary/aromatic N) is 3. The van der Waals surface area contributed by atoms with Gasteiger partial charge in [0.1, 0.15) is 17.6 Å². The Labute approximate surface area is 143 Å². The number of hydrogen-bond donors (Lipinski definition) is 1. The monoisotopic (exact) mass is 366 g/mol. The molecule has 1 aromatic heterocycles. The van der Waals surface area contributed by atoms with E-state index in [9.17, 15) is 17.6 Å². The minimum atomic E-state index is -4.82. The molecule has 0 aliphatic carbocycles. The van der Waals surface area contributed by atoms with Crippen LogP contribution in [0.3, 0.4) is 0 Å². The zero-order chi connectivity index (χ0) is 18.2. The molecule has 9 heteroatoms. The van der Waals surface area contributed by atoms with Crippen molar-refractivity contribution in [3.05, 3.63) is 58.5 Å². The van der Waals surface area contributed by atoms with Gasteiger partial charge in [-0.15, -0.1) is 5.10 Å². The van der Waals surface area contributed by atoms with Crippen LogP contribution in [0.5, 0.6) is 0 Å². The van der Waals surface area contributed by atoms with Crippen molar-refractivity contribution in [2.75, 3.05) is 0 Å². The number of H-pyrrole nitrogens is 1. The summed E-state index contributed by atoms with van der Waals surface area (Å²) in [4.78, 5) is 0. The molecule has 0 amide bonds. The molecule has 3 aromatic rings. The quantitative estimate of drug-likeness (QED) is 0.661. The van der Waals surface area contributed by atoms with Crippen molar-refractivity contribution in [1.82, 2.24) is 15.4 Å².